The van der Waals surface area contributed by atoms with Crippen molar-refractivity contribution < 1.29 is 23.1 Å². The van der Waals surface area contributed by atoms with Crippen molar-refractivity contribution in [3.63, 3.8) is 0 Å². The van der Waals surface area contributed by atoms with Crippen LogP contribution in [0.25, 0.3) is 0 Å². The Hall–Kier alpha value is -2.05. The number of hydrogen-bond acceptors (Lipinski definition) is 4. The molecule has 5 nitrogen and oxygen atoms in total. The molecule has 0 spiro atoms. The van der Waals surface area contributed by atoms with E-state index in [1.54, 1.807) is 0 Å². The Kier molecular flexibility index (Phi) is 3.22. The summed E-state index contributed by atoms with van der Waals surface area (Å²) in [6.07, 6.45) is -0.0295. The molecule has 18 heavy (non-hydrogen) atoms. The first kappa shape index (κ1) is 12.4. The number of amides is 1. The van der Waals surface area contributed by atoms with Gasteiger partial charge in [0.05, 0.1) is 18.7 Å². The third-order valence-corrected chi connectivity index (χ3v) is 2.72. The van der Waals surface area contributed by atoms with Gasteiger partial charge in [0.2, 0.25) is 17.8 Å². The van der Waals surface area contributed by atoms with Gasteiger partial charge in [-0.2, -0.15) is 13.8 Å². The molecule has 0 aromatic carbocycles. The average Bonchev–Trinajstić information content (AvgIpc) is 2.69. The monoisotopic (exact) mass is 256 g/mol. The van der Waals surface area contributed by atoms with Gasteiger partial charge in [0.15, 0.2) is 0 Å². The van der Waals surface area contributed by atoms with E-state index in [9.17, 15) is 18.4 Å². The third-order valence-electron chi connectivity index (χ3n) is 2.72. The molecule has 1 saturated heterocycles. The molecular weight excluding hydrogens is 246 g/mol. The number of rotatable bonds is 2. The van der Waals surface area contributed by atoms with Gasteiger partial charge in [0, 0.05) is 25.1 Å². The number of carbonyl (C=O) groups excluding carboxylic acids is 2. The minimum Gasteiger partial charge on any atom is -0.469 e. The molecule has 1 aliphatic heterocycles. The normalized spacial score (nSPS) is 19.2. The topological polar surface area (TPSA) is 59.5 Å². The Morgan fingerprint density at radius 1 is 1.44 bits per heavy atom. The van der Waals surface area contributed by atoms with Crippen LogP contribution in [-0.2, 0) is 14.3 Å². The number of anilines is 1. The second kappa shape index (κ2) is 4.67. The van der Waals surface area contributed by atoms with Crippen molar-refractivity contribution in [3.8, 4) is 0 Å². The van der Waals surface area contributed by atoms with Crippen molar-refractivity contribution in [1.82, 2.24) is 4.98 Å². The standard InChI is InChI=1S/C11H10F2N2O3/c1-18-11(17)6-2-10(16)15(5-6)7-3-8(12)14-9(13)4-7/h3-4,6H,2,5H2,1H3. The number of esters is 1. The van der Waals surface area contributed by atoms with E-state index < -0.39 is 23.8 Å². The van der Waals surface area contributed by atoms with Crippen molar-refractivity contribution in [2.45, 2.75) is 6.42 Å². The highest BCUT2D eigenvalue weighted by Crippen LogP contribution is 2.26. The molecule has 1 unspecified atom stereocenters. The van der Waals surface area contributed by atoms with Crippen molar-refractivity contribution in [2.24, 2.45) is 5.92 Å². The highest BCUT2D eigenvalue weighted by atomic mass is 19.1. The minimum absolute atomic E-state index is 0.0295. The molecular formula is C11H10F2N2O3. The number of methoxy groups -OCH3 is 1. The Bertz CT molecular complexity index is 487. The van der Waals surface area contributed by atoms with Crippen LogP contribution in [0.3, 0.4) is 0 Å². The van der Waals surface area contributed by atoms with Crippen LogP contribution in [0.5, 0.6) is 0 Å². The zero-order chi connectivity index (χ0) is 13.3. The summed E-state index contributed by atoms with van der Waals surface area (Å²) in [6, 6.07) is 1.89. The summed E-state index contributed by atoms with van der Waals surface area (Å²) < 4.78 is 30.4. The SMILES string of the molecule is COC(=O)C1CC(=O)N(c2cc(F)nc(F)c2)C1. The van der Waals surface area contributed by atoms with Crippen molar-refractivity contribution >= 4 is 17.6 Å². The van der Waals surface area contributed by atoms with Gasteiger partial charge in [-0.25, -0.2) is 0 Å². The third kappa shape index (κ3) is 2.29. The number of hydrogen-bond donors (Lipinski definition) is 0. The van der Waals surface area contributed by atoms with Crippen LogP contribution in [0, 0.1) is 17.8 Å². The lowest BCUT2D eigenvalue weighted by Crippen LogP contribution is -2.26. The lowest BCUT2D eigenvalue weighted by atomic mass is 10.1. The zero-order valence-corrected chi connectivity index (χ0v) is 9.52. The molecule has 1 atom stereocenters. The maximum absolute atomic E-state index is 12.9. The van der Waals surface area contributed by atoms with Gasteiger partial charge in [0.25, 0.3) is 0 Å². The highest BCUT2D eigenvalue weighted by molar-refractivity contribution is 5.99. The number of aromatic nitrogens is 1. The molecule has 1 fully saturated rings. The molecule has 1 aliphatic rings. The fourth-order valence-electron chi connectivity index (χ4n) is 1.89. The van der Waals surface area contributed by atoms with Gasteiger partial charge in [-0.3, -0.25) is 9.59 Å². The number of carbonyl (C=O) groups is 2. The van der Waals surface area contributed by atoms with E-state index in [1.165, 1.54) is 7.11 Å². The Labute approximate surface area is 101 Å². The fourth-order valence-corrected chi connectivity index (χ4v) is 1.89. The van der Waals surface area contributed by atoms with Crippen LogP contribution in [0.4, 0.5) is 14.5 Å². The molecule has 1 amide bonds. The van der Waals surface area contributed by atoms with E-state index >= 15 is 0 Å². The summed E-state index contributed by atoms with van der Waals surface area (Å²) in [5.74, 6) is -3.53. The molecule has 0 aliphatic carbocycles. The van der Waals surface area contributed by atoms with Crippen LogP contribution in [0.2, 0.25) is 0 Å². The maximum Gasteiger partial charge on any atom is 0.311 e. The van der Waals surface area contributed by atoms with E-state index in [-0.39, 0.29) is 24.6 Å². The van der Waals surface area contributed by atoms with Gasteiger partial charge in [-0.1, -0.05) is 0 Å². The van der Waals surface area contributed by atoms with E-state index in [2.05, 4.69) is 9.72 Å². The number of halogens is 2. The van der Waals surface area contributed by atoms with Crippen LogP contribution in [-0.4, -0.2) is 30.5 Å². The Balaban J connectivity index is 2.24. The quantitative estimate of drug-likeness (QED) is 0.582. The summed E-state index contributed by atoms with van der Waals surface area (Å²) in [7, 11) is 1.22. The van der Waals surface area contributed by atoms with Crippen LogP contribution >= 0.6 is 0 Å². The molecule has 2 heterocycles. The molecule has 7 heteroatoms. The first-order valence-electron chi connectivity index (χ1n) is 5.22. The molecule has 1 aromatic heterocycles. The molecule has 0 radical (unpaired) electrons. The Morgan fingerprint density at radius 2 is 2.06 bits per heavy atom. The molecule has 0 bridgehead atoms. The van der Waals surface area contributed by atoms with E-state index in [0.29, 0.717) is 0 Å². The first-order valence-corrected chi connectivity index (χ1v) is 5.22. The predicted octanol–water partition coefficient (Wildman–Crippen LogP) is 0.886. The first-order chi connectivity index (χ1) is 8.51. The summed E-state index contributed by atoms with van der Waals surface area (Å²) >= 11 is 0. The number of ether oxygens (including phenoxy) is 1. The molecule has 0 N–H and O–H groups in total. The lowest BCUT2D eigenvalue weighted by molar-refractivity contribution is -0.145. The van der Waals surface area contributed by atoms with Crippen molar-refractivity contribution in [1.29, 1.82) is 0 Å². The lowest BCUT2D eigenvalue weighted by Gasteiger charge is -2.16. The fraction of sp³-hybridized carbons (Fsp3) is 0.364. The van der Waals surface area contributed by atoms with Gasteiger partial charge in [-0.15, -0.1) is 0 Å². The minimum atomic E-state index is -1.01. The number of pyridine rings is 1. The van der Waals surface area contributed by atoms with Gasteiger partial charge in [-0.05, 0) is 0 Å². The van der Waals surface area contributed by atoms with Gasteiger partial charge < -0.3 is 9.64 Å². The summed E-state index contributed by atoms with van der Waals surface area (Å²) in [5, 5.41) is 0. The second-order valence-electron chi connectivity index (χ2n) is 3.90. The summed E-state index contributed by atoms with van der Waals surface area (Å²) in [5.41, 5.74) is 0.0522. The van der Waals surface area contributed by atoms with Gasteiger partial charge in [0.1, 0.15) is 0 Å². The van der Waals surface area contributed by atoms with E-state index in [0.717, 1.165) is 17.0 Å². The maximum atomic E-state index is 12.9. The van der Waals surface area contributed by atoms with Crippen LogP contribution in [0.15, 0.2) is 12.1 Å². The molecule has 0 saturated carbocycles. The Morgan fingerprint density at radius 3 is 2.61 bits per heavy atom. The molecule has 96 valence electrons. The van der Waals surface area contributed by atoms with Crippen molar-refractivity contribution in [2.75, 3.05) is 18.6 Å². The van der Waals surface area contributed by atoms with Gasteiger partial charge >= 0.3 is 5.97 Å². The average molecular weight is 256 g/mol. The van der Waals surface area contributed by atoms with Crippen molar-refractivity contribution in [3.05, 3.63) is 24.0 Å². The smallest absolute Gasteiger partial charge is 0.311 e. The van der Waals surface area contributed by atoms with Crippen LogP contribution < -0.4 is 4.90 Å². The largest absolute Gasteiger partial charge is 0.469 e. The molecule has 1 aromatic rings. The zero-order valence-electron chi connectivity index (χ0n) is 9.52. The summed E-state index contributed by atoms with van der Waals surface area (Å²) in [4.78, 5) is 27.1. The van der Waals surface area contributed by atoms with E-state index in [1.807, 2.05) is 0 Å². The van der Waals surface area contributed by atoms with E-state index in [4.69, 9.17) is 0 Å². The van der Waals surface area contributed by atoms with Crippen LogP contribution in [0.1, 0.15) is 6.42 Å². The second-order valence-corrected chi connectivity index (χ2v) is 3.90. The number of nitrogens with zero attached hydrogens (tertiary/aromatic N) is 2. The predicted molar refractivity (Wildman–Crippen MR) is 56.6 cm³/mol. The summed E-state index contributed by atoms with van der Waals surface area (Å²) in [6.45, 7) is 0.0500. The highest BCUT2D eigenvalue weighted by Gasteiger charge is 2.36. The molecule has 2 rings (SSSR count).